The van der Waals surface area contributed by atoms with Crippen molar-refractivity contribution < 1.29 is 14.3 Å². The van der Waals surface area contributed by atoms with E-state index in [2.05, 4.69) is 18.6 Å². The van der Waals surface area contributed by atoms with Crippen LogP contribution in [0.4, 0.5) is 0 Å². The highest BCUT2D eigenvalue weighted by Gasteiger charge is 2.32. The molecule has 134 valence electrons. The third kappa shape index (κ3) is 9.12. The lowest BCUT2D eigenvalue weighted by molar-refractivity contribution is -0.153. The lowest BCUT2D eigenvalue weighted by Gasteiger charge is -2.14. The van der Waals surface area contributed by atoms with Gasteiger partial charge in [-0.15, -0.1) is 0 Å². The number of esters is 2. The predicted molar refractivity (Wildman–Crippen MR) is 94.1 cm³/mol. The molecule has 2 unspecified atom stereocenters. The van der Waals surface area contributed by atoms with E-state index in [0.29, 0.717) is 6.42 Å². The molecule has 1 heterocycles. The zero-order valence-electron chi connectivity index (χ0n) is 15.3. The molecule has 3 heteroatoms. The minimum Gasteiger partial charge on any atom is -0.393 e. The molecule has 0 aromatic rings. The Bertz CT molecular complexity index is 338. The Balaban J connectivity index is 1.96. The van der Waals surface area contributed by atoms with Crippen LogP contribution in [0.25, 0.3) is 0 Å². The Labute approximate surface area is 142 Å². The molecule has 0 bridgehead atoms. The molecule has 0 aromatic carbocycles. The van der Waals surface area contributed by atoms with E-state index in [1.807, 2.05) is 0 Å². The number of unbranched alkanes of at least 4 members (excludes halogenated alkanes) is 7. The number of ether oxygens (including phenoxy) is 1. The van der Waals surface area contributed by atoms with Crippen LogP contribution in [0.1, 0.15) is 104 Å². The molecule has 0 amide bonds. The number of cyclic esters (lactones) is 2. The van der Waals surface area contributed by atoms with Crippen molar-refractivity contribution in [3.63, 3.8) is 0 Å². The summed E-state index contributed by atoms with van der Waals surface area (Å²) in [5.74, 6) is 0.0990. The highest BCUT2D eigenvalue weighted by molar-refractivity contribution is 5.94. The van der Waals surface area contributed by atoms with E-state index in [1.165, 1.54) is 70.6 Å². The molecule has 0 aromatic heterocycles. The molecular formula is C20H36O3. The standard InChI is InChI=1S/C20H36O3/c1-3-5-6-7-10-13-17(4-2)14-11-8-9-12-15-18-16-19(21)23-20(18)22/h17-18H,3-16H2,1-2H3. The van der Waals surface area contributed by atoms with Crippen LogP contribution < -0.4 is 0 Å². The van der Waals surface area contributed by atoms with E-state index in [0.717, 1.165) is 18.8 Å². The van der Waals surface area contributed by atoms with Gasteiger partial charge in [0.2, 0.25) is 0 Å². The van der Waals surface area contributed by atoms with Gasteiger partial charge >= 0.3 is 11.9 Å². The van der Waals surface area contributed by atoms with Gasteiger partial charge in [0, 0.05) is 0 Å². The second-order valence-corrected chi connectivity index (χ2v) is 7.16. The van der Waals surface area contributed by atoms with Gasteiger partial charge in [0.05, 0.1) is 12.3 Å². The maximum Gasteiger partial charge on any atom is 0.317 e. The van der Waals surface area contributed by atoms with E-state index in [1.54, 1.807) is 0 Å². The average molecular weight is 325 g/mol. The number of hydrogen-bond donors (Lipinski definition) is 0. The fourth-order valence-electron chi connectivity index (χ4n) is 3.51. The monoisotopic (exact) mass is 324 g/mol. The van der Waals surface area contributed by atoms with Crippen LogP contribution in [-0.2, 0) is 14.3 Å². The topological polar surface area (TPSA) is 43.4 Å². The third-order valence-electron chi connectivity index (χ3n) is 5.17. The number of carbonyl (C=O) groups is 2. The Hall–Kier alpha value is -0.860. The fourth-order valence-corrected chi connectivity index (χ4v) is 3.51. The smallest absolute Gasteiger partial charge is 0.317 e. The van der Waals surface area contributed by atoms with E-state index in [4.69, 9.17) is 0 Å². The predicted octanol–water partition coefficient (Wildman–Crippen LogP) is 5.80. The van der Waals surface area contributed by atoms with Gasteiger partial charge in [-0.25, -0.2) is 0 Å². The SMILES string of the molecule is CCCCCCCC(CC)CCCCCCC1CC(=O)OC1=O. The van der Waals surface area contributed by atoms with Gasteiger partial charge in [0.15, 0.2) is 0 Å². The zero-order valence-corrected chi connectivity index (χ0v) is 15.3. The van der Waals surface area contributed by atoms with Gasteiger partial charge in [-0.2, -0.15) is 0 Å². The van der Waals surface area contributed by atoms with Crippen LogP contribution in [0.2, 0.25) is 0 Å². The summed E-state index contributed by atoms with van der Waals surface area (Å²) in [6.45, 7) is 4.59. The Morgan fingerprint density at radius 2 is 1.52 bits per heavy atom. The third-order valence-corrected chi connectivity index (χ3v) is 5.17. The van der Waals surface area contributed by atoms with Crippen LogP contribution >= 0.6 is 0 Å². The maximum atomic E-state index is 11.4. The van der Waals surface area contributed by atoms with Crippen LogP contribution in [0.5, 0.6) is 0 Å². The molecule has 1 saturated heterocycles. The molecule has 0 saturated carbocycles. The second kappa shape index (κ2) is 12.5. The summed E-state index contributed by atoms with van der Waals surface area (Å²) < 4.78 is 4.58. The van der Waals surface area contributed by atoms with Gasteiger partial charge in [0.25, 0.3) is 0 Å². The molecule has 1 rings (SSSR count). The molecule has 1 aliphatic heterocycles. The van der Waals surface area contributed by atoms with Gasteiger partial charge in [-0.3, -0.25) is 9.59 Å². The summed E-state index contributed by atoms with van der Waals surface area (Å²) in [5.41, 5.74) is 0. The Morgan fingerprint density at radius 3 is 2.04 bits per heavy atom. The minimum absolute atomic E-state index is 0.158. The molecule has 0 aliphatic carbocycles. The van der Waals surface area contributed by atoms with Crippen LogP contribution in [-0.4, -0.2) is 11.9 Å². The van der Waals surface area contributed by atoms with Gasteiger partial charge < -0.3 is 4.74 Å². The van der Waals surface area contributed by atoms with Crippen molar-refractivity contribution >= 4 is 11.9 Å². The lowest BCUT2D eigenvalue weighted by atomic mass is 9.92. The molecule has 2 atom stereocenters. The van der Waals surface area contributed by atoms with Crippen molar-refractivity contribution in [1.29, 1.82) is 0 Å². The van der Waals surface area contributed by atoms with E-state index in [9.17, 15) is 9.59 Å². The van der Waals surface area contributed by atoms with E-state index in [-0.39, 0.29) is 17.9 Å². The molecule has 23 heavy (non-hydrogen) atoms. The second-order valence-electron chi connectivity index (χ2n) is 7.16. The van der Waals surface area contributed by atoms with E-state index < -0.39 is 0 Å². The first-order valence-electron chi connectivity index (χ1n) is 9.91. The normalized spacial score (nSPS) is 19.1. The van der Waals surface area contributed by atoms with Gasteiger partial charge in [-0.05, 0) is 12.3 Å². The Kier molecular flexibility index (Phi) is 11.0. The van der Waals surface area contributed by atoms with Crippen molar-refractivity contribution in [2.45, 2.75) is 104 Å². The lowest BCUT2D eigenvalue weighted by Crippen LogP contribution is -2.07. The summed E-state index contributed by atoms with van der Waals surface area (Å²) in [5, 5.41) is 0. The molecule has 0 radical (unpaired) electrons. The summed E-state index contributed by atoms with van der Waals surface area (Å²) in [4.78, 5) is 22.4. The Morgan fingerprint density at radius 1 is 0.913 bits per heavy atom. The number of carbonyl (C=O) groups excluding carboxylic acids is 2. The number of hydrogen-bond acceptors (Lipinski definition) is 3. The van der Waals surface area contributed by atoms with Crippen LogP contribution in [0, 0.1) is 11.8 Å². The van der Waals surface area contributed by atoms with Gasteiger partial charge in [0.1, 0.15) is 0 Å². The van der Waals surface area contributed by atoms with Crippen molar-refractivity contribution in [2.75, 3.05) is 0 Å². The summed E-state index contributed by atoms with van der Waals surface area (Å²) >= 11 is 0. The molecule has 1 fully saturated rings. The zero-order chi connectivity index (χ0) is 16.9. The first-order valence-corrected chi connectivity index (χ1v) is 9.91. The maximum absolute atomic E-state index is 11.4. The van der Waals surface area contributed by atoms with Crippen molar-refractivity contribution in [3.8, 4) is 0 Å². The number of rotatable bonds is 14. The quantitative estimate of drug-likeness (QED) is 0.230. The fraction of sp³-hybridized carbons (Fsp3) is 0.900. The first kappa shape index (κ1) is 20.2. The summed E-state index contributed by atoms with van der Waals surface area (Å²) in [6.07, 6.45) is 16.9. The van der Waals surface area contributed by atoms with Crippen molar-refractivity contribution in [2.24, 2.45) is 11.8 Å². The van der Waals surface area contributed by atoms with E-state index >= 15 is 0 Å². The highest BCUT2D eigenvalue weighted by Crippen LogP contribution is 2.24. The van der Waals surface area contributed by atoms with Gasteiger partial charge in [-0.1, -0.05) is 90.9 Å². The average Bonchev–Trinajstić information content (AvgIpc) is 2.86. The van der Waals surface area contributed by atoms with Crippen molar-refractivity contribution in [1.82, 2.24) is 0 Å². The largest absolute Gasteiger partial charge is 0.393 e. The summed E-state index contributed by atoms with van der Waals surface area (Å²) in [7, 11) is 0. The van der Waals surface area contributed by atoms with Crippen LogP contribution in [0.15, 0.2) is 0 Å². The minimum atomic E-state index is -0.343. The molecular weight excluding hydrogens is 288 g/mol. The molecule has 0 N–H and O–H groups in total. The molecule has 0 spiro atoms. The van der Waals surface area contributed by atoms with Crippen molar-refractivity contribution in [3.05, 3.63) is 0 Å². The molecule has 3 nitrogen and oxygen atoms in total. The highest BCUT2D eigenvalue weighted by atomic mass is 16.6. The first-order chi connectivity index (χ1) is 11.2. The summed E-state index contributed by atoms with van der Waals surface area (Å²) in [6, 6.07) is 0. The molecule has 1 aliphatic rings. The van der Waals surface area contributed by atoms with Crippen LogP contribution in [0.3, 0.4) is 0 Å².